The Morgan fingerprint density at radius 1 is 1.21 bits per heavy atom. The zero-order chi connectivity index (χ0) is 19.9. The largest absolute Gasteiger partial charge is 0.467 e. The molecule has 2 aromatic heterocycles. The molecule has 1 N–H and O–H groups in total. The summed E-state index contributed by atoms with van der Waals surface area (Å²) in [7, 11) is 1.57. The topological polar surface area (TPSA) is 101 Å². The molecule has 0 fully saturated rings. The van der Waals surface area contributed by atoms with Crippen molar-refractivity contribution in [3.63, 3.8) is 0 Å². The highest BCUT2D eigenvalue weighted by molar-refractivity contribution is 7.99. The van der Waals surface area contributed by atoms with Crippen molar-refractivity contribution >= 4 is 23.6 Å². The van der Waals surface area contributed by atoms with Gasteiger partial charge in [-0.2, -0.15) is 0 Å². The normalized spacial score (nSPS) is 10.6. The van der Waals surface area contributed by atoms with E-state index in [-0.39, 0.29) is 30.7 Å². The van der Waals surface area contributed by atoms with Gasteiger partial charge in [0.2, 0.25) is 17.7 Å². The van der Waals surface area contributed by atoms with E-state index in [0.29, 0.717) is 16.9 Å². The Bertz CT molecular complexity index is 939. The average molecular weight is 400 g/mol. The van der Waals surface area contributed by atoms with Gasteiger partial charge in [0.1, 0.15) is 5.76 Å². The molecule has 0 spiro atoms. The fraction of sp³-hybridized carbons (Fsp3) is 0.263. The number of furan rings is 1. The molecule has 0 aliphatic rings. The van der Waals surface area contributed by atoms with Gasteiger partial charge >= 0.3 is 0 Å². The fourth-order valence-electron chi connectivity index (χ4n) is 2.35. The van der Waals surface area contributed by atoms with Crippen molar-refractivity contribution in [3.05, 3.63) is 54.0 Å². The van der Waals surface area contributed by atoms with E-state index in [0.717, 1.165) is 22.9 Å². The molecule has 8 nitrogen and oxygen atoms in total. The lowest BCUT2D eigenvalue weighted by molar-refractivity contribution is -0.132. The van der Waals surface area contributed by atoms with Crippen LogP contribution < -0.4 is 5.32 Å². The monoisotopic (exact) mass is 400 g/mol. The van der Waals surface area contributed by atoms with Gasteiger partial charge in [-0.1, -0.05) is 29.5 Å². The van der Waals surface area contributed by atoms with E-state index in [1.165, 1.54) is 11.2 Å². The van der Waals surface area contributed by atoms with Gasteiger partial charge in [-0.05, 0) is 31.2 Å². The lowest BCUT2D eigenvalue weighted by atomic mass is 10.1. The van der Waals surface area contributed by atoms with Crippen LogP contribution in [-0.4, -0.2) is 46.3 Å². The first-order valence-electron chi connectivity index (χ1n) is 8.57. The molecule has 0 saturated carbocycles. The highest BCUT2D eigenvalue weighted by Gasteiger charge is 2.16. The summed E-state index contributed by atoms with van der Waals surface area (Å²) in [6, 6.07) is 11.2. The van der Waals surface area contributed by atoms with Crippen LogP contribution in [0.15, 0.2) is 56.7 Å². The van der Waals surface area contributed by atoms with E-state index >= 15 is 0 Å². The highest BCUT2D eigenvalue weighted by Crippen LogP contribution is 2.23. The molecule has 2 amide bonds. The summed E-state index contributed by atoms with van der Waals surface area (Å²) >= 11 is 1.14. The third kappa shape index (κ3) is 5.46. The number of likely N-dealkylation sites (N-methyl/N-ethyl adjacent to an activating group) is 1. The summed E-state index contributed by atoms with van der Waals surface area (Å²) in [5.74, 6) is 0.672. The Balaban J connectivity index is 1.45. The number of nitrogens with zero attached hydrogens (tertiary/aromatic N) is 3. The first-order chi connectivity index (χ1) is 13.5. The first-order valence-corrected chi connectivity index (χ1v) is 9.56. The van der Waals surface area contributed by atoms with Crippen LogP contribution in [0.5, 0.6) is 0 Å². The Hall–Kier alpha value is -3.07. The predicted octanol–water partition coefficient (Wildman–Crippen LogP) is 2.50. The van der Waals surface area contributed by atoms with E-state index in [4.69, 9.17) is 8.83 Å². The molecule has 3 rings (SSSR count). The molecule has 146 valence electrons. The maximum Gasteiger partial charge on any atom is 0.277 e. The van der Waals surface area contributed by atoms with Crippen molar-refractivity contribution in [1.29, 1.82) is 0 Å². The predicted molar refractivity (Wildman–Crippen MR) is 103 cm³/mol. The minimum absolute atomic E-state index is 0.0432. The van der Waals surface area contributed by atoms with E-state index in [9.17, 15) is 9.59 Å². The van der Waals surface area contributed by atoms with Gasteiger partial charge in [0.15, 0.2) is 0 Å². The van der Waals surface area contributed by atoms with Crippen LogP contribution in [0.2, 0.25) is 0 Å². The minimum Gasteiger partial charge on any atom is -0.467 e. The van der Waals surface area contributed by atoms with Crippen LogP contribution in [0.3, 0.4) is 0 Å². The summed E-state index contributed by atoms with van der Waals surface area (Å²) in [6.07, 6.45) is 1.54. The fourth-order valence-corrected chi connectivity index (χ4v) is 3.06. The van der Waals surface area contributed by atoms with E-state index in [1.54, 1.807) is 19.2 Å². The minimum atomic E-state index is -0.267. The van der Waals surface area contributed by atoms with Gasteiger partial charge in [-0.3, -0.25) is 9.59 Å². The standard InChI is InChI=1S/C19H20N4O4S/c1-13-5-3-6-14(9-13)18-21-22-19(27-18)28-12-17(25)23(2)11-16(24)20-10-15-7-4-8-26-15/h3-9H,10-12H2,1-2H3,(H,20,24). The Morgan fingerprint density at radius 3 is 2.82 bits per heavy atom. The Labute approximate surface area is 166 Å². The SMILES string of the molecule is Cc1cccc(-c2nnc(SCC(=O)N(C)CC(=O)NCc3ccco3)o2)c1. The van der Waals surface area contributed by atoms with E-state index in [1.807, 2.05) is 31.2 Å². The molecule has 0 radical (unpaired) electrons. The summed E-state index contributed by atoms with van der Waals surface area (Å²) < 4.78 is 10.7. The lowest BCUT2D eigenvalue weighted by Gasteiger charge is -2.15. The number of aromatic nitrogens is 2. The summed E-state index contributed by atoms with van der Waals surface area (Å²) in [5.41, 5.74) is 1.92. The quantitative estimate of drug-likeness (QED) is 0.580. The molecule has 0 unspecified atom stereocenters. The van der Waals surface area contributed by atoms with Crippen molar-refractivity contribution in [1.82, 2.24) is 20.4 Å². The summed E-state index contributed by atoms with van der Waals surface area (Å²) in [4.78, 5) is 25.5. The Morgan fingerprint density at radius 2 is 2.07 bits per heavy atom. The number of hydrogen-bond donors (Lipinski definition) is 1. The summed E-state index contributed by atoms with van der Waals surface area (Å²) in [5, 5.41) is 11.0. The van der Waals surface area contributed by atoms with E-state index in [2.05, 4.69) is 15.5 Å². The molecule has 0 saturated heterocycles. The number of thioether (sulfide) groups is 1. The van der Waals surface area contributed by atoms with Gasteiger partial charge < -0.3 is 19.1 Å². The van der Waals surface area contributed by atoms with Gasteiger partial charge in [0, 0.05) is 12.6 Å². The first kappa shape index (κ1) is 19.7. The van der Waals surface area contributed by atoms with Crippen LogP contribution in [0.1, 0.15) is 11.3 Å². The Kier molecular flexibility index (Phi) is 6.49. The molecule has 0 aliphatic carbocycles. The smallest absolute Gasteiger partial charge is 0.277 e. The molecule has 0 aliphatic heterocycles. The molecule has 0 atom stereocenters. The number of hydrogen-bond acceptors (Lipinski definition) is 7. The second-order valence-electron chi connectivity index (χ2n) is 6.14. The number of amides is 2. The van der Waals surface area contributed by atoms with Crippen molar-refractivity contribution in [3.8, 4) is 11.5 Å². The van der Waals surface area contributed by atoms with Gasteiger partial charge in [-0.25, -0.2) is 0 Å². The van der Waals surface area contributed by atoms with Crippen LogP contribution >= 0.6 is 11.8 Å². The van der Waals surface area contributed by atoms with Gasteiger partial charge in [0.25, 0.3) is 5.22 Å². The molecule has 1 aromatic carbocycles. The van der Waals surface area contributed by atoms with Crippen LogP contribution in [0.25, 0.3) is 11.5 Å². The van der Waals surface area contributed by atoms with Crippen molar-refractivity contribution in [2.75, 3.05) is 19.3 Å². The maximum absolute atomic E-state index is 12.2. The van der Waals surface area contributed by atoms with Crippen molar-refractivity contribution in [2.45, 2.75) is 18.7 Å². The second-order valence-corrected chi connectivity index (χ2v) is 7.06. The average Bonchev–Trinajstić information content (AvgIpc) is 3.36. The molecule has 2 heterocycles. The molecule has 28 heavy (non-hydrogen) atoms. The van der Waals surface area contributed by atoms with E-state index < -0.39 is 0 Å². The molecule has 9 heteroatoms. The number of aryl methyl sites for hydroxylation is 1. The van der Waals surface area contributed by atoms with Crippen LogP contribution in [0.4, 0.5) is 0 Å². The zero-order valence-corrected chi connectivity index (χ0v) is 16.4. The molecular formula is C19H20N4O4S. The highest BCUT2D eigenvalue weighted by atomic mass is 32.2. The molecular weight excluding hydrogens is 380 g/mol. The number of benzene rings is 1. The third-order valence-electron chi connectivity index (χ3n) is 3.84. The molecule has 3 aromatic rings. The van der Waals surface area contributed by atoms with Gasteiger partial charge in [-0.15, -0.1) is 10.2 Å². The lowest BCUT2D eigenvalue weighted by Crippen LogP contribution is -2.38. The van der Waals surface area contributed by atoms with Crippen LogP contribution in [0, 0.1) is 6.92 Å². The number of nitrogens with one attached hydrogen (secondary N) is 1. The summed E-state index contributed by atoms with van der Waals surface area (Å²) in [6.45, 7) is 2.22. The second kappa shape index (κ2) is 9.23. The zero-order valence-electron chi connectivity index (χ0n) is 15.5. The van der Waals surface area contributed by atoms with Crippen molar-refractivity contribution in [2.24, 2.45) is 0 Å². The number of carbonyl (C=O) groups is 2. The molecule has 0 bridgehead atoms. The number of rotatable bonds is 8. The van der Waals surface area contributed by atoms with Crippen molar-refractivity contribution < 1.29 is 18.4 Å². The van der Waals surface area contributed by atoms with Gasteiger partial charge in [0.05, 0.1) is 25.1 Å². The third-order valence-corrected chi connectivity index (χ3v) is 4.64. The maximum atomic E-state index is 12.2. The number of carbonyl (C=O) groups excluding carboxylic acids is 2. The van der Waals surface area contributed by atoms with Crippen LogP contribution in [-0.2, 0) is 16.1 Å².